The van der Waals surface area contributed by atoms with Gasteiger partial charge in [-0.2, -0.15) is 0 Å². The lowest BCUT2D eigenvalue weighted by molar-refractivity contribution is 0.795. The molecule has 282 valence electrons. The summed E-state index contributed by atoms with van der Waals surface area (Å²) in [4.78, 5) is 4.80. The summed E-state index contributed by atoms with van der Waals surface area (Å²) < 4.78 is 2.48. The molecule has 0 radical (unpaired) electrons. The topological polar surface area (TPSA) is 43.3 Å². The molecule has 0 unspecified atom stereocenters. The van der Waals surface area contributed by atoms with Crippen LogP contribution in [0.4, 0.5) is 0 Å². The third kappa shape index (κ3) is 4.90. The monoisotopic (exact) mass is 765 g/mol. The van der Waals surface area contributed by atoms with Gasteiger partial charge >= 0.3 is 0 Å². The molecule has 0 saturated heterocycles. The van der Waals surface area contributed by atoms with Crippen LogP contribution in [0.5, 0.6) is 0 Å². The highest BCUT2D eigenvalue weighted by atomic mass is 15.0. The molecule has 2 aliphatic carbocycles. The van der Waals surface area contributed by atoms with E-state index >= 15 is 0 Å². The first-order chi connectivity index (χ1) is 29.7. The van der Waals surface area contributed by atoms with Crippen molar-refractivity contribution in [3.63, 3.8) is 0 Å². The fraction of sp³-hybridized carbons (Fsp3) is 0.0351. The summed E-state index contributed by atoms with van der Waals surface area (Å²) in [5.41, 5.74) is 24.9. The second kappa shape index (κ2) is 13.5. The van der Waals surface area contributed by atoms with E-state index in [1.165, 1.54) is 71.6 Å². The Labute approximate surface area is 349 Å². The highest BCUT2D eigenvalue weighted by Gasteiger charge is 2.52. The van der Waals surface area contributed by atoms with Crippen molar-refractivity contribution in [2.24, 2.45) is 10.7 Å². The summed E-state index contributed by atoms with van der Waals surface area (Å²) in [7, 11) is 0. The minimum atomic E-state index is -0.474. The Morgan fingerprint density at radius 2 is 1.08 bits per heavy atom. The van der Waals surface area contributed by atoms with Crippen molar-refractivity contribution < 1.29 is 0 Å². The second-order valence-electron chi connectivity index (χ2n) is 15.9. The van der Waals surface area contributed by atoms with E-state index in [9.17, 15) is 0 Å². The van der Waals surface area contributed by atoms with Gasteiger partial charge in [-0.3, -0.25) is 4.99 Å². The standard InChI is InChI=1S/C57H39N3/c58-36-59-53(39-19-6-2-7-20-39)34-46(37-16-4-1-5-17-37)40-28-30-45-47-33-48-52(35-55(47)60(54(45)32-40)41-21-8-3-9-22-41)57(51-31-29-38-18-10-11-23-42(38)56(48)51)49-26-14-12-24-43(49)44-25-13-15-27-50(44)57/h1-35H,36,58H2/b46-34-,59-53+. The fourth-order valence-electron chi connectivity index (χ4n) is 10.5. The molecule has 2 aliphatic rings. The quantitative estimate of drug-likeness (QED) is 0.168. The summed E-state index contributed by atoms with van der Waals surface area (Å²) >= 11 is 0. The van der Waals surface area contributed by atoms with Crippen LogP contribution in [0.3, 0.4) is 0 Å². The van der Waals surface area contributed by atoms with E-state index in [0.717, 1.165) is 39.2 Å². The molecule has 0 fully saturated rings. The summed E-state index contributed by atoms with van der Waals surface area (Å²) in [6.45, 7) is 0.198. The molecular weight excluding hydrogens is 727 g/mol. The number of hydrogen-bond donors (Lipinski definition) is 1. The zero-order valence-corrected chi connectivity index (χ0v) is 32.9. The molecular formula is C57H39N3. The van der Waals surface area contributed by atoms with Crippen molar-refractivity contribution in [3.8, 4) is 27.9 Å². The van der Waals surface area contributed by atoms with Gasteiger partial charge in [-0.1, -0.05) is 176 Å². The van der Waals surface area contributed by atoms with Crippen molar-refractivity contribution >= 4 is 43.9 Å². The van der Waals surface area contributed by atoms with Crippen LogP contribution in [0, 0.1) is 0 Å². The van der Waals surface area contributed by atoms with Gasteiger partial charge in [0.25, 0.3) is 0 Å². The van der Waals surface area contributed by atoms with E-state index in [2.05, 4.69) is 199 Å². The van der Waals surface area contributed by atoms with E-state index < -0.39 is 5.41 Å². The maximum Gasteiger partial charge on any atom is 0.0866 e. The van der Waals surface area contributed by atoms with Crippen molar-refractivity contribution in [2.75, 3.05) is 6.67 Å². The number of allylic oxidation sites excluding steroid dienone is 1. The average molecular weight is 766 g/mol. The highest BCUT2D eigenvalue weighted by molar-refractivity contribution is 6.17. The molecule has 0 aliphatic heterocycles. The third-order valence-corrected chi connectivity index (χ3v) is 12.9. The fourth-order valence-corrected chi connectivity index (χ4v) is 10.5. The van der Waals surface area contributed by atoms with Crippen LogP contribution in [0.25, 0.3) is 66.1 Å². The molecule has 60 heavy (non-hydrogen) atoms. The number of nitrogens with two attached hydrogens (primary N) is 1. The number of rotatable bonds is 6. The van der Waals surface area contributed by atoms with Crippen molar-refractivity contribution in [1.82, 2.24) is 4.57 Å². The molecule has 1 aromatic heterocycles. The van der Waals surface area contributed by atoms with Gasteiger partial charge in [0.1, 0.15) is 0 Å². The lowest BCUT2D eigenvalue weighted by atomic mass is 9.70. The molecule has 10 aromatic rings. The number of aliphatic imine (C=N–C) groups is 1. The third-order valence-electron chi connectivity index (χ3n) is 12.9. The number of aromatic nitrogens is 1. The lowest BCUT2D eigenvalue weighted by Crippen LogP contribution is -2.25. The van der Waals surface area contributed by atoms with Gasteiger partial charge in [0, 0.05) is 16.5 Å². The van der Waals surface area contributed by atoms with Gasteiger partial charge in [-0.15, -0.1) is 0 Å². The summed E-state index contributed by atoms with van der Waals surface area (Å²) in [5.74, 6) is 0. The van der Waals surface area contributed by atoms with Crippen LogP contribution in [0.2, 0.25) is 0 Å². The molecule has 2 N–H and O–H groups in total. The van der Waals surface area contributed by atoms with Gasteiger partial charge in [-0.25, -0.2) is 0 Å². The Morgan fingerprint density at radius 3 is 1.80 bits per heavy atom. The molecule has 9 aromatic carbocycles. The molecule has 3 heteroatoms. The number of hydrogen-bond acceptors (Lipinski definition) is 2. The molecule has 12 rings (SSSR count). The van der Waals surface area contributed by atoms with Crippen LogP contribution in [-0.4, -0.2) is 16.9 Å². The van der Waals surface area contributed by atoms with Gasteiger partial charge in [0.15, 0.2) is 0 Å². The van der Waals surface area contributed by atoms with E-state index in [1.807, 2.05) is 18.2 Å². The smallest absolute Gasteiger partial charge is 0.0866 e. The largest absolute Gasteiger partial charge is 0.312 e. The van der Waals surface area contributed by atoms with Crippen molar-refractivity contribution in [1.29, 1.82) is 0 Å². The maximum absolute atomic E-state index is 6.10. The normalized spacial score (nSPS) is 13.8. The Hall–Kier alpha value is -7.59. The van der Waals surface area contributed by atoms with Gasteiger partial charge in [0.2, 0.25) is 0 Å². The van der Waals surface area contributed by atoms with E-state index in [1.54, 1.807) is 0 Å². The zero-order chi connectivity index (χ0) is 39.8. The summed E-state index contributed by atoms with van der Waals surface area (Å²) in [5, 5.41) is 4.98. The predicted molar refractivity (Wildman–Crippen MR) is 250 cm³/mol. The first-order valence-electron chi connectivity index (χ1n) is 20.7. The maximum atomic E-state index is 6.10. The molecule has 1 spiro atoms. The first kappa shape index (κ1) is 34.5. The molecule has 1 heterocycles. The average Bonchev–Trinajstić information content (AvgIpc) is 3.91. The molecule has 0 bridgehead atoms. The minimum absolute atomic E-state index is 0.198. The van der Waals surface area contributed by atoms with E-state index in [4.69, 9.17) is 10.7 Å². The summed E-state index contributed by atoms with van der Waals surface area (Å²) in [6, 6.07) is 75.6. The Balaban J connectivity index is 1.19. The van der Waals surface area contributed by atoms with Crippen LogP contribution < -0.4 is 5.73 Å². The summed E-state index contributed by atoms with van der Waals surface area (Å²) in [6.07, 6.45) is 2.20. The molecule has 0 saturated carbocycles. The number of fused-ring (bicyclic) bond motifs is 15. The first-order valence-corrected chi connectivity index (χ1v) is 20.7. The molecule has 0 atom stereocenters. The van der Waals surface area contributed by atoms with E-state index in [-0.39, 0.29) is 6.67 Å². The van der Waals surface area contributed by atoms with Gasteiger partial charge in [-0.05, 0) is 114 Å². The SMILES string of the molecule is NC/N=C(\C=C(\c1ccccc1)c1ccc2c3cc4c(cc3n(-c3ccccc3)c2c1)C1(c2ccccc2-c2ccccc21)c1ccc2ccccc2c1-4)c1ccccc1. The van der Waals surface area contributed by atoms with Crippen molar-refractivity contribution in [3.05, 3.63) is 251 Å². The zero-order valence-electron chi connectivity index (χ0n) is 32.9. The van der Waals surface area contributed by atoms with Gasteiger partial charge < -0.3 is 10.3 Å². The van der Waals surface area contributed by atoms with Gasteiger partial charge in [0.05, 0.1) is 28.8 Å². The lowest BCUT2D eigenvalue weighted by Gasteiger charge is -2.30. The van der Waals surface area contributed by atoms with Crippen LogP contribution in [0.15, 0.2) is 217 Å². The number of benzene rings is 9. The highest BCUT2D eigenvalue weighted by Crippen LogP contribution is 2.64. The Morgan fingerprint density at radius 1 is 0.467 bits per heavy atom. The van der Waals surface area contributed by atoms with Crippen molar-refractivity contribution in [2.45, 2.75) is 5.41 Å². The molecule has 3 nitrogen and oxygen atoms in total. The second-order valence-corrected chi connectivity index (χ2v) is 15.9. The van der Waals surface area contributed by atoms with Crippen LogP contribution >= 0.6 is 0 Å². The predicted octanol–water partition coefficient (Wildman–Crippen LogP) is 13.1. The Kier molecular flexibility index (Phi) is 7.75. The minimum Gasteiger partial charge on any atom is -0.312 e. The number of para-hydroxylation sites is 1. The van der Waals surface area contributed by atoms with E-state index in [0.29, 0.717) is 0 Å². The number of nitrogens with zero attached hydrogens (tertiary/aromatic N) is 2. The van der Waals surface area contributed by atoms with Crippen LogP contribution in [-0.2, 0) is 5.41 Å². The van der Waals surface area contributed by atoms with Crippen LogP contribution in [0.1, 0.15) is 38.9 Å². The molecule has 0 amide bonds. The Bertz CT molecular complexity index is 3350.